The smallest absolute Gasteiger partial charge is 0.157 e. The largest absolute Gasteiger partial charge is 0.236 e. The number of rotatable bonds is 1. The van der Waals surface area contributed by atoms with Gasteiger partial charge in [-0.2, -0.15) is 5.10 Å². The fraction of sp³-hybridized carbons (Fsp3) is 0.400. The maximum Gasteiger partial charge on any atom is 0.157 e. The highest BCUT2D eigenvalue weighted by atomic mass is 15.2. The number of fused-ring (bicyclic) bond motifs is 1. The molecule has 0 atom stereocenters. The first kappa shape index (κ1) is 8.23. The van der Waals surface area contributed by atoms with Gasteiger partial charge in [0.2, 0.25) is 0 Å². The van der Waals surface area contributed by atoms with Crippen molar-refractivity contribution >= 4 is 5.65 Å². The molecule has 0 spiro atoms. The first-order chi connectivity index (χ1) is 6.18. The number of aromatic nitrogens is 3. The van der Waals surface area contributed by atoms with Crippen molar-refractivity contribution < 1.29 is 0 Å². The number of hydrogen-bond donors (Lipinski definition) is 0. The van der Waals surface area contributed by atoms with E-state index in [0.717, 1.165) is 11.2 Å². The number of nitrogens with zero attached hydrogens (tertiary/aromatic N) is 3. The molecular weight excluding hydrogens is 162 g/mol. The van der Waals surface area contributed by atoms with Crippen LogP contribution in [0.25, 0.3) is 5.65 Å². The van der Waals surface area contributed by atoms with Gasteiger partial charge in [-0.1, -0.05) is 13.8 Å². The summed E-state index contributed by atoms with van der Waals surface area (Å²) in [6.45, 7) is 6.32. The average molecular weight is 175 g/mol. The van der Waals surface area contributed by atoms with Crippen molar-refractivity contribution in [3.63, 3.8) is 0 Å². The van der Waals surface area contributed by atoms with E-state index >= 15 is 0 Å². The van der Waals surface area contributed by atoms with Crippen molar-refractivity contribution in [3.05, 3.63) is 29.7 Å². The second-order valence-corrected chi connectivity index (χ2v) is 3.64. The van der Waals surface area contributed by atoms with Gasteiger partial charge in [0.1, 0.15) is 0 Å². The molecule has 13 heavy (non-hydrogen) atoms. The fourth-order valence-electron chi connectivity index (χ4n) is 1.31. The van der Waals surface area contributed by atoms with Crippen LogP contribution in [0.4, 0.5) is 0 Å². The topological polar surface area (TPSA) is 30.2 Å². The normalized spacial score (nSPS) is 11.4. The van der Waals surface area contributed by atoms with Crippen LogP contribution >= 0.6 is 0 Å². The zero-order valence-electron chi connectivity index (χ0n) is 8.15. The molecule has 0 amide bonds. The molecule has 2 rings (SSSR count). The summed E-state index contributed by atoms with van der Waals surface area (Å²) in [7, 11) is 0. The summed E-state index contributed by atoms with van der Waals surface area (Å²) >= 11 is 0. The molecule has 0 aliphatic carbocycles. The van der Waals surface area contributed by atoms with Gasteiger partial charge < -0.3 is 0 Å². The Morgan fingerprint density at radius 3 is 2.77 bits per heavy atom. The third-order valence-corrected chi connectivity index (χ3v) is 2.22. The highest BCUT2D eigenvalue weighted by Gasteiger charge is 2.03. The molecule has 3 heteroatoms. The van der Waals surface area contributed by atoms with Gasteiger partial charge in [-0.15, -0.1) is 0 Å². The molecule has 0 bridgehead atoms. The van der Waals surface area contributed by atoms with Gasteiger partial charge in [0.15, 0.2) is 5.65 Å². The first-order valence-electron chi connectivity index (χ1n) is 4.48. The van der Waals surface area contributed by atoms with Crippen LogP contribution in [0.2, 0.25) is 0 Å². The van der Waals surface area contributed by atoms with Gasteiger partial charge in [0.25, 0.3) is 0 Å². The third kappa shape index (κ3) is 1.30. The first-order valence-corrected chi connectivity index (χ1v) is 4.48. The summed E-state index contributed by atoms with van der Waals surface area (Å²) in [5.74, 6) is 0.501. The Labute approximate surface area is 77.4 Å². The Balaban J connectivity index is 2.63. The highest BCUT2D eigenvalue weighted by Crippen LogP contribution is 2.14. The SMILES string of the molecule is Cc1cnn2cc(C(C)C)cnc12. The van der Waals surface area contributed by atoms with Crippen LogP contribution in [0.1, 0.15) is 30.9 Å². The molecule has 0 N–H and O–H groups in total. The van der Waals surface area contributed by atoms with Crippen LogP contribution in [-0.2, 0) is 0 Å². The molecule has 2 aromatic heterocycles. The van der Waals surface area contributed by atoms with Crippen LogP contribution in [0.5, 0.6) is 0 Å². The Morgan fingerprint density at radius 2 is 2.08 bits per heavy atom. The van der Waals surface area contributed by atoms with E-state index in [9.17, 15) is 0 Å². The zero-order valence-corrected chi connectivity index (χ0v) is 8.15. The van der Waals surface area contributed by atoms with Crippen molar-refractivity contribution in [2.24, 2.45) is 0 Å². The molecule has 0 saturated carbocycles. The van der Waals surface area contributed by atoms with Gasteiger partial charge >= 0.3 is 0 Å². The van der Waals surface area contributed by atoms with Gasteiger partial charge in [-0.05, 0) is 18.4 Å². The van der Waals surface area contributed by atoms with Crippen molar-refractivity contribution in [3.8, 4) is 0 Å². The average Bonchev–Trinajstić information content (AvgIpc) is 2.47. The molecule has 0 aliphatic rings. The molecular formula is C10H13N3. The number of aryl methyl sites for hydroxylation is 1. The maximum absolute atomic E-state index is 4.36. The zero-order chi connectivity index (χ0) is 9.42. The van der Waals surface area contributed by atoms with Gasteiger partial charge in [0.05, 0.1) is 6.20 Å². The number of hydrogen-bond acceptors (Lipinski definition) is 2. The van der Waals surface area contributed by atoms with E-state index in [1.165, 1.54) is 5.56 Å². The molecule has 0 fully saturated rings. The summed E-state index contributed by atoms with van der Waals surface area (Å²) in [6, 6.07) is 0. The predicted octanol–water partition coefficient (Wildman–Crippen LogP) is 2.16. The van der Waals surface area contributed by atoms with Crippen molar-refractivity contribution in [2.45, 2.75) is 26.7 Å². The predicted molar refractivity (Wildman–Crippen MR) is 51.8 cm³/mol. The van der Waals surface area contributed by atoms with Gasteiger partial charge in [-0.25, -0.2) is 9.50 Å². The van der Waals surface area contributed by atoms with Crippen molar-refractivity contribution in [1.82, 2.24) is 14.6 Å². The molecule has 0 aliphatic heterocycles. The van der Waals surface area contributed by atoms with E-state index in [1.54, 1.807) is 0 Å². The minimum Gasteiger partial charge on any atom is -0.236 e. The molecule has 2 heterocycles. The Hall–Kier alpha value is -1.38. The lowest BCUT2D eigenvalue weighted by Gasteiger charge is -2.04. The summed E-state index contributed by atoms with van der Waals surface area (Å²) < 4.78 is 1.84. The minimum atomic E-state index is 0.501. The van der Waals surface area contributed by atoms with E-state index in [2.05, 4.69) is 23.9 Å². The third-order valence-electron chi connectivity index (χ3n) is 2.22. The monoisotopic (exact) mass is 175 g/mol. The Morgan fingerprint density at radius 1 is 1.31 bits per heavy atom. The van der Waals surface area contributed by atoms with E-state index in [0.29, 0.717) is 5.92 Å². The molecule has 0 aromatic carbocycles. The van der Waals surface area contributed by atoms with E-state index < -0.39 is 0 Å². The van der Waals surface area contributed by atoms with Crippen LogP contribution < -0.4 is 0 Å². The van der Waals surface area contributed by atoms with E-state index in [-0.39, 0.29) is 0 Å². The molecule has 2 aromatic rings. The second-order valence-electron chi connectivity index (χ2n) is 3.64. The van der Waals surface area contributed by atoms with Crippen LogP contribution in [-0.4, -0.2) is 14.6 Å². The van der Waals surface area contributed by atoms with Crippen LogP contribution in [0, 0.1) is 6.92 Å². The molecule has 3 nitrogen and oxygen atoms in total. The van der Waals surface area contributed by atoms with Gasteiger partial charge in [-0.3, -0.25) is 0 Å². The van der Waals surface area contributed by atoms with Crippen LogP contribution in [0.3, 0.4) is 0 Å². The van der Waals surface area contributed by atoms with Gasteiger partial charge in [0, 0.05) is 18.0 Å². The summed E-state index contributed by atoms with van der Waals surface area (Å²) in [4.78, 5) is 4.36. The quantitative estimate of drug-likeness (QED) is 0.664. The Bertz CT molecular complexity index is 429. The molecule has 68 valence electrons. The van der Waals surface area contributed by atoms with E-state index in [1.807, 2.05) is 30.0 Å². The molecule has 0 saturated heterocycles. The maximum atomic E-state index is 4.36. The highest BCUT2D eigenvalue weighted by molar-refractivity contribution is 5.45. The van der Waals surface area contributed by atoms with Crippen molar-refractivity contribution in [1.29, 1.82) is 0 Å². The fourth-order valence-corrected chi connectivity index (χ4v) is 1.31. The molecule has 0 unspecified atom stereocenters. The van der Waals surface area contributed by atoms with Crippen molar-refractivity contribution in [2.75, 3.05) is 0 Å². The lowest BCUT2D eigenvalue weighted by Crippen LogP contribution is -1.96. The summed E-state index contributed by atoms with van der Waals surface area (Å²) in [6.07, 6.45) is 5.81. The summed E-state index contributed by atoms with van der Waals surface area (Å²) in [5.41, 5.74) is 3.29. The summed E-state index contributed by atoms with van der Waals surface area (Å²) in [5, 5.41) is 4.22. The standard InChI is InChI=1S/C10H13N3/c1-7(2)9-5-11-10-8(3)4-12-13(10)6-9/h4-7H,1-3H3. The van der Waals surface area contributed by atoms with Crippen LogP contribution in [0.15, 0.2) is 18.6 Å². The minimum absolute atomic E-state index is 0.501. The molecule has 0 radical (unpaired) electrons. The second kappa shape index (κ2) is 2.83. The lowest BCUT2D eigenvalue weighted by atomic mass is 10.1. The lowest BCUT2D eigenvalue weighted by molar-refractivity contribution is 0.821. The Kier molecular flexibility index (Phi) is 1.79. The van der Waals surface area contributed by atoms with E-state index in [4.69, 9.17) is 0 Å².